The number of hydrogen-bond acceptors (Lipinski definition) is 4. The summed E-state index contributed by atoms with van der Waals surface area (Å²) in [6.07, 6.45) is 11.4. The van der Waals surface area contributed by atoms with Gasteiger partial charge in [0.2, 0.25) is 0 Å². The van der Waals surface area contributed by atoms with Crippen LogP contribution in [0.15, 0.2) is 114 Å². The van der Waals surface area contributed by atoms with Crippen LogP contribution in [0.1, 0.15) is 71.1 Å². The third kappa shape index (κ3) is 9.66. The Hall–Kier alpha value is -3.17. The second-order valence-corrected chi connectivity index (χ2v) is 15.5. The Kier molecular flexibility index (Phi) is 14.8. The summed E-state index contributed by atoms with van der Waals surface area (Å²) in [5.74, 6) is -0.726. The normalized spacial score (nSPS) is 12.4. The predicted molar refractivity (Wildman–Crippen MR) is 184 cm³/mol. The minimum absolute atomic E-state index is 0.0226. The molecule has 4 nitrogen and oxygen atoms in total. The molecule has 0 aliphatic heterocycles. The van der Waals surface area contributed by atoms with Crippen molar-refractivity contribution in [2.75, 3.05) is 19.4 Å². The molecule has 0 heterocycles. The van der Waals surface area contributed by atoms with Gasteiger partial charge >= 0.3 is 190 Å². The number of hydrogen-bond donors (Lipinski definition) is 2. The van der Waals surface area contributed by atoms with E-state index in [4.69, 9.17) is 0 Å². The molecule has 0 fully saturated rings. The summed E-state index contributed by atoms with van der Waals surface area (Å²) in [5, 5.41) is 23.6. The molecule has 3 aromatic rings. The van der Waals surface area contributed by atoms with Crippen molar-refractivity contribution in [3.05, 3.63) is 114 Å². The van der Waals surface area contributed by atoms with Gasteiger partial charge in [0.25, 0.3) is 0 Å². The fourth-order valence-electron chi connectivity index (χ4n) is 6.08. The zero-order valence-corrected chi connectivity index (χ0v) is 26.8. The Labute approximate surface area is 258 Å². The van der Waals surface area contributed by atoms with Crippen LogP contribution in [0.2, 0.25) is 0 Å². The van der Waals surface area contributed by atoms with Gasteiger partial charge in [-0.1, -0.05) is 6.58 Å². The van der Waals surface area contributed by atoms with Gasteiger partial charge in [0.15, 0.2) is 5.78 Å². The molecule has 0 unspecified atom stereocenters. The number of aliphatic hydroxyl groups excluding tert-OH is 2. The minimum atomic E-state index is -2.14. The maximum atomic E-state index is 12.6. The van der Waals surface area contributed by atoms with Gasteiger partial charge in [0, 0.05) is 11.1 Å². The van der Waals surface area contributed by atoms with Crippen molar-refractivity contribution < 1.29 is 19.8 Å². The maximum absolute atomic E-state index is 12.6. The van der Waals surface area contributed by atoms with Crippen LogP contribution in [-0.2, 0) is 9.59 Å². The number of benzene rings is 3. The van der Waals surface area contributed by atoms with Gasteiger partial charge in [0.05, 0.1) is 13.2 Å². The van der Waals surface area contributed by atoms with Crippen LogP contribution in [0.4, 0.5) is 0 Å². The van der Waals surface area contributed by atoms with E-state index >= 15 is 0 Å². The van der Waals surface area contributed by atoms with Crippen molar-refractivity contribution in [2.45, 2.75) is 71.1 Å². The molecule has 230 valence electrons. The molecule has 0 saturated heterocycles. The second kappa shape index (κ2) is 18.5. The fraction of sp³-hybridized carbons (Fsp3) is 0.368. The Balaban J connectivity index is 1.45. The zero-order chi connectivity index (χ0) is 30.9. The van der Waals surface area contributed by atoms with Crippen molar-refractivity contribution in [3.8, 4) is 0 Å². The van der Waals surface area contributed by atoms with E-state index in [0.717, 1.165) is 19.3 Å². The molecule has 5 heteroatoms. The molecule has 0 bridgehead atoms. The van der Waals surface area contributed by atoms with Crippen molar-refractivity contribution in [1.82, 2.24) is 0 Å². The molecular weight excluding hydrogens is 551 g/mol. The summed E-state index contributed by atoms with van der Waals surface area (Å²) in [4.78, 5) is 24.8. The number of aliphatic hydroxyl groups is 2. The quantitative estimate of drug-likeness (QED) is 0.0870. The van der Waals surface area contributed by atoms with Crippen LogP contribution in [0, 0.1) is 0 Å². The van der Waals surface area contributed by atoms with E-state index in [0.29, 0.717) is 6.42 Å². The number of unbranched alkanes of at least 4 members (excludes halogenated alkanes) is 8. The van der Waals surface area contributed by atoms with Gasteiger partial charge in [-0.05, 0) is 12.5 Å². The predicted octanol–water partition coefficient (Wildman–Crippen LogP) is 6.61. The van der Waals surface area contributed by atoms with Crippen LogP contribution in [-0.4, -0.2) is 41.2 Å². The zero-order valence-electron chi connectivity index (χ0n) is 25.8. The number of rotatable bonds is 20. The number of carbonyl (C=O) groups excluding carboxylic acids is 2. The molecule has 0 aliphatic carbocycles. The monoisotopic (exact) mass is 600 g/mol. The molecule has 0 radical (unpaired) electrons. The van der Waals surface area contributed by atoms with Crippen molar-refractivity contribution >= 4 is 34.7 Å². The van der Waals surface area contributed by atoms with E-state index in [1.54, 1.807) is 0 Å². The van der Waals surface area contributed by atoms with Crippen molar-refractivity contribution in [1.29, 1.82) is 0 Å². The number of allylic oxidation sites excluding steroid dienone is 1. The van der Waals surface area contributed by atoms with Crippen LogP contribution >= 0.6 is 7.26 Å². The first-order chi connectivity index (χ1) is 21.0. The molecule has 0 spiro atoms. The summed E-state index contributed by atoms with van der Waals surface area (Å²) in [6, 6.07) is 33.4. The summed E-state index contributed by atoms with van der Waals surface area (Å²) < 4.78 is 0. The summed E-state index contributed by atoms with van der Waals surface area (Å²) in [5.41, 5.74) is 0.235. The van der Waals surface area contributed by atoms with Gasteiger partial charge < -0.3 is 10.2 Å². The molecule has 0 aliphatic rings. The molecule has 2 N–H and O–H groups in total. The van der Waals surface area contributed by atoms with E-state index in [1.165, 1.54) is 61.1 Å². The Morgan fingerprint density at radius 3 is 1.33 bits per heavy atom. The standard InChI is InChI=1S/C38H49O4P/c1-31(2)38(42)36(30-40)35(29-39)37(41)27-19-8-6-4-3-5-7-9-20-28-43(32-21-13-10-14-22-32,33-23-15-11-16-24-33)34-25-17-12-18-26-34/h10-18,21-26,39-40,43H,1,3-9,19-20,27-30H2,2H3/b36-35-. The fourth-order valence-corrected chi connectivity index (χ4v) is 11.0. The first kappa shape index (κ1) is 34.3. The molecule has 3 aromatic carbocycles. The molecule has 0 saturated carbocycles. The first-order valence-electron chi connectivity index (χ1n) is 15.8. The van der Waals surface area contributed by atoms with Crippen LogP contribution < -0.4 is 15.9 Å². The second-order valence-electron chi connectivity index (χ2n) is 11.5. The van der Waals surface area contributed by atoms with Crippen molar-refractivity contribution in [3.63, 3.8) is 0 Å². The van der Waals surface area contributed by atoms with Gasteiger partial charge in [-0.25, -0.2) is 0 Å². The molecule has 3 rings (SSSR count). The van der Waals surface area contributed by atoms with Gasteiger partial charge in [-0.15, -0.1) is 0 Å². The molecular formula is C38H49O4P. The van der Waals surface area contributed by atoms with Crippen molar-refractivity contribution in [2.24, 2.45) is 0 Å². The third-order valence-electron chi connectivity index (χ3n) is 8.43. The summed E-state index contributed by atoms with van der Waals surface area (Å²) in [6.45, 7) is 4.01. The average molecular weight is 601 g/mol. The third-order valence-corrected chi connectivity index (χ3v) is 13.5. The molecule has 0 aromatic heterocycles. The number of carbonyl (C=O) groups is 2. The first-order valence-corrected chi connectivity index (χ1v) is 18.0. The average Bonchev–Trinajstić information content (AvgIpc) is 3.05. The SMILES string of the molecule is C=C(C)C(=O)/C(CO)=C(/CO)C(=O)CCCCCCCCCCC[PH](c1ccccc1)(c1ccccc1)c1ccccc1. The van der Waals surface area contributed by atoms with Crippen LogP contribution in [0.5, 0.6) is 0 Å². The summed E-state index contributed by atoms with van der Waals surface area (Å²) in [7, 11) is -2.14. The number of Topliss-reactive ketones (excluding diaryl/α,β-unsaturated/α-hetero) is 2. The van der Waals surface area contributed by atoms with E-state index in [-0.39, 0.29) is 28.9 Å². The van der Waals surface area contributed by atoms with E-state index in [1.807, 2.05) is 0 Å². The topological polar surface area (TPSA) is 74.6 Å². The van der Waals surface area contributed by atoms with Crippen LogP contribution in [0.3, 0.4) is 0 Å². The van der Waals surface area contributed by atoms with E-state index in [9.17, 15) is 19.8 Å². The van der Waals surface area contributed by atoms with Gasteiger partial charge in [0.1, 0.15) is 0 Å². The number of ketones is 2. The molecule has 0 atom stereocenters. The molecule has 0 amide bonds. The molecule has 43 heavy (non-hydrogen) atoms. The van der Waals surface area contributed by atoms with Crippen LogP contribution in [0.25, 0.3) is 0 Å². The Morgan fingerprint density at radius 1 is 0.581 bits per heavy atom. The Morgan fingerprint density at radius 2 is 0.953 bits per heavy atom. The Bertz CT molecular complexity index is 1220. The van der Waals surface area contributed by atoms with E-state index in [2.05, 4.69) is 97.6 Å². The van der Waals surface area contributed by atoms with Gasteiger partial charge in [-0.3, -0.25) is 9.59 Å². The van der Waals surface area contributed by atoms with Gasteiger partial charge in [-0.2, -0.15) is 0 Å². The van der Waals surface area contributed by atoms with E-state index < -0.39 is 26.3 Å². The summed E-state index contributed by atoms with van der Waals surface area (Å²) >= 11 is 0.